The lowest BCUT2D eigenvalue weighted by atomic mass is 9.92. The molecule has 1 amide bonds. The SMILES string of the molecule is CC[C@H](NC(=O)C1CCN(C2CCN(Cc3cccc(C)n3)CC2)CC1)c1ccncc1. The maximum absolute atomic E-state index is 12.9. The van der Waals surface area contributed by atoms with E-state index in [-0.39, 0.29) is 17.9 Å². The molecule has 0 saturated carbocycles. The molecule has 0 unspecified atom stereocenters. The zero-order chi connectivity index (χ0) is 22.3. The predicted molar refractivity (Wildman–Crippen MR) is 127 cm³/mol. The van der Waals surface area contributed by atoms with Gasteiger partial charge >= 0.3 is 0 Å². The second-order valence-electron chi connectivity index (χ2n) is 9.34. The highest BCUT2D eigenvalue weighted by atomic mass is 16.1. The molecule has 1 N–H and O–H groups in total. The lowest BCUT2D eigenvalue weighted by Crippen LogP contribution is -2.49. The van der Waals surface area contributed by atoms with Crippen molar-refractivity contribution in [2.45, 2.75) is 64.6 Å². The Labute approximate surface area is 192 Å². The van der Waals surface area contributed by atoms with E-state index in [9.17, 15) is 4.79 Å². The van der Waals surface area contributed by atoms with E-state index in [0.29, 0.717) is 6.04 Å². The monoisotopic (exact) mass is 435 g/mol. The van der Waals surface area contributed by atoms with Crippen LogP contribution in [0.25, 0.3) is 0 Å². The normalized spacial score (nSPS) is 20.2. The summed E-state index contributed by atoms with van der Waals surface area (Å²) >= 11 is 0. The second-order valence-corrected chi connectivity index (χ2v) is 9.34. The molecule has 2 fully saturated rings. The van der Waals surface area contributed by atoms with Crippen molar-refractivity contribution in [2.24, 2.45) is 5.92 Å². The highest BCUT2D eigenvalue weighted by molar-refractivity contribution is 5.79. The number of hydrogen-bond donors (Lipinski definition) is 1. The molecule has 0 aromatic carbocycles. The molecule has 2 saturated heterocycles. The molecular weight excluding hydrogens is 398 g/mol. The quantitative estimate of drug-likeness (QED) is 0.718. The van der Waals surface area contributed by atoms with Crippen molar-refractivity contribution < 1.29 is 4.79 Å². The summed E-state index contributed by atoms with van der Waals surface area (Å²) in [6.45, 7) is 9.46. The minimum absolute atomic E-state index is 0.0794. The number of piperidine rings is 2. The maximum atomic E-state index is 12.9. The smallest absolute Gasteiger partial charge is 0.223 e. The Hall–Kier alpha value is -2.31. The average Bonchev–Trinajstić information content (AvgIpc) is 2.83. The fourth-order valence-electron chi connectivity index (χ4n) is 5.19. The first kappa shape index (κ1) is 22.9. The molecule has 2 aromatic rings. The zero-order valence-corrected chi connectivity index (χ0v) is 19.5. The number of rotatable bonds is 7. The van der Waals surface area contributed by atoms with Crippen molar-refractivity contribution in [1.29, 1.82) is 0 Å². The van der Waals surface area contributed by atoms with E-state index < -0.39 is 0 Å². The first-order valence-electron chi connectivity index (χ1n) is 12.2. The fourth-order valence-corrected chi connectivity index (χ4v) is 5.19. The van der Waals surface area contributed by atoms with Crippen molar-refractivity contribution in [3.63, 3.8) is 0 Å². The molecule has 2 aliphatic heterocycles. The Morgan fingerprint density at radius 2 is 1.78 bits per heavy atom. The van der Waals surface area contributed by atoms with Gasteiger partial charge in [-0.2, -0.15) is 0 Å². The van der Waals surface area contributed by atoms with Crippen LogP contribution in [0.1, 0.15) is 62.0 Å². The molecule has 172 valence electrons. The van der Waals surface area contributed by atoms with Gasteiger partial charge in [0.1, 0.15) is 0 Å². The summed E-state index contributed by atoms with van der Waals surface area (Å²) in [5.74, 6) is 0.350. The molecule has 2 aromatic heterocycles. The number of hydrogen-bond acceptors (Lipinski definition) is 5. The molecule has 4 rings (SSSR count). The summed E-state index contributed by atoms with van der Waals surface area (Å²) in [7, 11) is 0. The first-order valence-corrected chi connectivity index (χ1v) is 12.2. The van der Waals surface area contributed by atoms with E-state index in [1.807, 2.05) is 12.1 Å². The third-order valence-corrected chi connectivity index (χ3v) is 7.14. The Bertz CT molecular complexity index is 858. The van der Waals surface area contributed by atoms with Gasteiger partial charge in [-0.05, 0) is 81.9 Å². The van der Waals surface area contributed by atoms with Gasteiger partial charge in [0.05, 0.1) is 11.7 Å². The van der Waals surface area contributed by atoms with Gasteiger partial charge in [-0.15, -0.1) is 0 Å². The number of pyridine rings is 2. The minimum Gasteiger partial charge on any atom is -0.349 e. The Balaban J connectivity index is 1.21. The number of amides is 1. The number of likely N-dealkylation sites (tertiary alicyclic amines) is 2. The molecule has 0 bridgehead atoms. The number of nitrogens with zero attached hydrogens (tertiary/aromatic N) is 4. The third kappa shape index (κ3) is 5.93. The molecular formula is C26H37N5O. The molecule has 32 heavy (non-hydrogen) atoms. The van der Waals surface area contributed by atoms with Gasteiger partial charge in [0, 0.05) is 49.7 Å². The van der Waals surface area contributed by atoms with E-state index in [4.69, 9.17) is 0 Å². The Morgan fingerprint density at radius 1 is 1.06 bits per heavy atom. The van der Waals surface area contributed by atoms with Crippen LogP contribution in [0, 0.1) is 12.8 Å². The van der Waals surface area contributed by atoms with Crippen LogP contribution < -0.4 is 5.32 Å². The number of carbonyl (C=O) groups is 1. The maximum Gasteiger partial charge on any atom is 0.223 e. The van der Waals surface area contributed by atoms with Crippen LogP contribution in [0.4, 0.5) is 0 Å². The van der Waals surface area contributed by atoms with Crippen LogP contribution in [0.2, 0.25) is 0 Å². The minimum atomic E-state index is 0.0794. The highest BCUT2D eigenvalue weighted by Crippen LogP contribution is 2.26. The Morgan fingerprint density at radius 3 is 2.44 bits per heavy atom. The number of aryl methyl sites for hydroxylation is 1. The predicted octanol–water partition coefficient (Wildman–Crippen LogP) is 3.73. The average molecular weight is 436 g/mol. The van der Waals surface area contributed by atoms with E-state index in [1.165, 1.54) is 18.5 Å². The van der Waals surface area contributed by atoms with Crippen molar-refractivity contribution in [1.82, 2.24) is 25.1 Å². The largest absolute Gasteiger partial charge is 0.349 e. The van der Waals surface area contributed by atoms with Crippen molar-refractivity contribution in [3.8, 4) is 0 Å². The zero-order valence-electron chi connectivity index (χ0n) is 19.5. The van der Waals surface area contributed by atoms with Crippen LogP contribution in [0.3, 0.4) is 0 Å². The van der Waals surface area contributed by atoms with Gasteiger partial charge < -0.3 is 10.2 Å². The summed E-state index contributed by atoms with van der Waals surface area (Å²) in [6, 6.07) is 11.0. The summed E-state index contributed by atoms with van der Waals surface area (Å²) in [6.07, 6.45) is 8.84. The van der Waals surface area contributed by atoms with Gasteiger partial charge in [-0.3, -0.25) is 19.7 Å². The lowest BCUT2D eigenvalue weighted by Gasteiger charge is -2.41. The van der Waals surface area contributed by atoms with E-state index in [0.717, 1.165) is 63.2 Å². The summed E-state index contributed by atoms with van der Waals surface area (Å²) in [4.78, 5) is 26.8. The first-order chi connectivity index (χ1) is 15.6. The number of carbonyl (C=O) groups excluding carboxylic acids is 1. The summed E-state index contributed by atoms with van der Waals surface area (Å²) in [5.41, 5.74) is 3.41. The summed E-state index contributed by atoms with van der Waals surface area (Å²) < 4.78 is 0. The van der Waals surface area contributed by atoms with Crippen LogP contribution in [0.5, 0.6) is 0 Å². The van der Waals surface area contributed by atoms with Crippen molar-refractivity contribution >= 4 is 5.91 Å². The number of aromatic nitrogens is 2. The van der Waals surface area contributed by atoms with E-state index in [2.05, 4.69) is 57.1 Å². The molecule has 4 heterocycles. The molecule has 0 spiro atoms. The van der Waals surface area contributed by atoms with Gasteiger partial charge in [0.25, 0.3) is 0 Å². The van der Waals surface area contributed by atoms with Crippen molar-refractivity contribution in [2.75, 3.05) is 26.2 Å². The molecule has 6 nitrogen and oxygen atoms in total. The summed E-state index contributed by atoms with van der Waals surface area (Å²) in [5, 5.41) is 3.28. The standard InChI is InChI=1S/C26H37N5O/c1-3-25(21-7-13-27-14-8-21)29-26(32)22-9-17-31(18-10-22)24-11-15-30(16-12-24)19-23-6-4-5-20(2)28-23/h4-8,13-14,22,24-25H,3,9-12,15-19H2,1-2H3,(H,29,32)/t25-/m0/s1. The van der Waals surface area contributed by atoms with E-state index >= 15 is 0 Å². The van der Waals surface area contributed by atoms with Crippen LogP contribution in [0.15, 0.2) is 42.7 Å². The fraction of sp³-hybridized carbons (Fsp3) is 0.577. The third-order valence-electron chi connectivity index (χ3n) is 7.14. The molecule has 0 radical (unpaired) electrons. The van der Waals surface area contributed by atoms with E-state index in [1.54, 1.807) is 12.4 Å². The lowest BCUT2D eigenvalue weighted by molar-refractivity contribution is -0.127. The molecule has 6 heteroatoms. The van der Waals surface area contributed by atoms with Gasteiger partial charge in [-0.1, -0.05) is 13.0 Å². The van der Waals surface area contributed by atoms with Gasteiger partial charge in [-0.25, -0.2) is 0 Å². The van der Waals surface area contributed by atoms with Gasteiger partial charge in [0.15, 0.2) is 0 Å². The van der Waals surface area contributed by atoms with Crippen LogP contribution in [-0.4, -0.2) is 57.9 Å². The van der Waals surface area contributed by atoms with Crippen LogP contribution in [-0.2, 0) is 11.3 Å². The highest BCUT2D eigenvalue weighted by Gasteiger charge is 2.31. The number of nitrogens with one attached hydrogen (secondary N) is 1. The molecule has 2 aliphatic rings. The molecule has 0 aliphatic carbocycles. The second kappa shape index (κ2) is 11.0. The molecule has 1 atom stereocenters. The Kier molecular flexibility index (Phi) is 7.87. The topological polar surface area (TPSA) is 61.4 Å². The van der Waals surface area contributed by atoms with Crippen molar-refractivity contribution in [3.05, 3.63) is 59.7 Å². The van der Waals surface area contributed by atoms with Gasteiger partial charge in [0.2, 0.25) is 5.91 Å². The van der Waals surface area contributed by atoms with Crippen LogP contribution >= 0.6 is 0 Å².